The van der Waals surface area contributed by atoms with Crippen LogP contribution >= 0.6 is 0 Å². The normalized spacial score (nSPS) is 11.8. The zero-order valence-corrected chi connectivity index (χ0v) is 13.7. The molecule has 1 rings (SSSR count). The van der Waals surface area contributed by atoms with Gasteiger partial charge >= 0.3 is 0 Å². The molecule has 1 amide bonds. The Bertz CT molecular complexity index is 463. The van der Waals surface area contributed by atoms with E-state index >= 15 is 0 Å². The Morgan fingerprint density at radius 1 is 1.22 bits per heavy atom. The number of carbonyl (C=O) groups excluding carboxylic acids is 2. The smallest absolute Gasteiger partial charge is 0.214 e. The summed E-state index contributed by atoms with van der Waals surface area (Å²) in [5.41, 5.74) is 7.37. The maximum Gasteiger partial charge on any atom is 0.214 e. The molecule has 1 aromatic carbocycles. The number of nitrogens with two attached hydrogens (primary N) is 1. The topological polar surface area (TPSA) is 85.1 Å². The summed E-state index contributed by atoms with van der Waals surface area (Å²) in [4.78, 5) is 25.0. The molecule has 0 spiro atoms. The molecule has 7 heteroatoms. The lowest BCUT2D eigenvalue weighted by molar-refractivity contribution is -0.111. The van der Waals surface area contributed by atoms with E-state index in [2.05, 4.69) is 0 Å². The quantitative estimate of drug-likeness (QED) is 0.439. The van der Waals surface area contributed by atoms with Crippen LogP contribution in [0, 0.1) is 0 Å². The van der Waals surface area contributed by atoms with Gasteiger partial charge in [-0.3, -0.25) is 4.79 Å². The zero-order chi connectivity index (χ0) is 17.1. The number of rotatable bonds is 12. The minimum Gasteiger partial charge on any atom is -0.378 e. The SMILES string of the molecule is COC(CN)CN(C=O)c1ccc(N(C)CCOCC=O)cc1. The van der Waals surface area contributed by atoms with Crippen molar-refractivity contribution in [1.82, 2.24) is 0 Å². The average Bonchev–Trinajstić information content (AvgIpc) is 2.60. The molecule has 23 heavy (non-hydrogen) atoms. The maximum absolute atomic E-state index is 11.3. The van der Waals surface area contributed by atoms with E-state index in [1.54, 1.807) is 12.0 Å². The molecular formula is C16H25N3O4. The predicted octanol–water partition coefficient (Wildman–Crippen LogP) is 0.275. The van der Waals surface area contributed by atoms with Crippen LogP contribution < -0.4 is 15.5 Å². The number of benzene rings is 1. The van der Waals surface area contributed by atoms with Crippen molar-refractivity contribution in [2.75, 3.05) is 56.8 Å². The Morgan fingerprint density at radius 3 is 2.39 bits per heavy atom. The predicted molar refractivity (Wildman–Crippen MR) is 89.9 cm³/mol. The highest BCUT2D eigenvalue weighted by molar-refractivity contribution is 5.76. The molecule has 0 radical (unpaired) electrons. The van der Waals surface area contributed by atoms with Gasteiger partial charge in [-0.25, -0.2) is 0 Å². The summed E-state index contributed by atoms with van der Waals surface area (Å²) < 4.78 is 10.3. The first-order valence-electron chi connectivity index (χ1n) is 7.43. The summed E-state index contributed by atoms with van der Waals surface area (Å²) in [6.45, 7) is 2.02. The summed E-state index contributed by atoms with van der Waals surface area (Å²) in [7, 11) is 3.51. The van der Waals surface area contributed by atoms with Gasteiger partial charge in [0, 0.05) is 38.6 Å². The Labute approximate surface area is 136 Å². The van der Waals surface area contributed by atoms with Crippen molar-refractivity contribution < 1.29 is 19.1 Å². The number of carbonyl (C=O) groups is 2. The zero-order valence-electron chi connectivity index (χ0n) is 13.7. The van der Waals surface area contributed by atoms with Gasteiger partial charge in [-0.05, 0) is 24.3 Å². The second-order valence-electron chi connectivity index (χ2n) is 5.03. The molecule has 0 heterocycles. The molecule has 0 aliphatic carbocycles. The van der Waals surface area contributed by atoms with Gasteiger partial charge in [0.1, 0.15) is 12.9 Å². The van der Waals surface area contributed by atoms with Crippen LogP contribution in [0.1, 0.15) is 0 Å². The van der Waals surface area contributed by atoms with Crippen LogP contribution in [0.25, 0.3) is 0 Å². The number of amides is 1. The molecule has 1 unspecified atom stereocenters. The van der Waals surface area contributed by atoms with Crippen molar-refractivity contribution in [3.63, 3.8) is 0 Å². The Balaban J connectivity index is 2.62. The van der Waals surface area contributed by atoms with Gasteiger partial charge in [-0.1, -0.05) is 0 Å². The number of hydrogen-bond donors (Lipinski definition) is 1. The van der Waals surface area contributed by atoms with E-state index in [0.29, 0.717) is 26.2 Å². The fourth-order valence-corrected chi connectivity index (χ4v) is 2.03. The molecule has 2 N–H and O–H groups in total. The number of anilines is 2. The molecular weight excluding hydrogens is 298 g/mol. The van der Waals surface area contributed by atoms with E-state index in [4.69, 9.17) is 15.2 Å². The van der Waals surface area contributed by atoms with E-state index in [1.165, 1.54) is 0 Å². The molecule has 7 nitrogen and oxygen atoms in total. The third kappa shape index (κ3) is 6.35. The molecule has 0 fully saturated rings. The van der Waals surface area contributed by atoms with Crippen molar-refractivity contribution in [1.29, 1.82) is 0 Å². The minimum absolute atomic E-state index is 0.114. The molecule has 0 aliphatic rings. The molecule has 1 aromatic rings. The van der Waals surface area contributed by atoms with Crippen LogP contribution in [-0.2, 0) is 19.1 Å². The van der Waals surface area contributed by atoms with Crippen LogP contribution in [0.2, 0.25) is 0 Å². The van der Waals surface area contributed by atoms with Crippen LogP contribution in [0.4, 0.5) is 11.4 Å². The van der Waals surface area contributed by atoms with Crippen LogP contribution in [0.5, 0.6) is 0 Å². The summed E-state index contributed by atoms with van der Waals surface area (Å²) in [6.07, 6.45) is 1.31. The number of methoxy groups -OCH3 is 1. The first-order chi connectivity index (χ1) is 11.2. The largest absolute Gasteiger partial charge is 0.378 e. The van der Waals surface area contributed by atoms with Crippen molar-refractivity contribution in [3.8, 4) is 0 Å². The summed E-state index contributed by atoms with van der Waals surface area (Å²) in [5, 5.41) is 0. The molecule has 1 atom stereocenters. The van der Waals surface area contributed by atoms with Gasteiger partial charge in [0.2, 0.25) is 6.41 Å². The summed E-state index contributed by atoms with van der Waals surface area (Å²) >= 11 is 0. The monoisotopic (exact) mass is 323 g/mol. The number of nitrogens with zero attached hydrogens (tertiary/aromatic N) is 2. The van der Waals surface area contributed by atoms with Crippen molar-refractivity contribution in [2.45, 2.75) is 6.10 Å². The van der Waals surface area contributed by atoms with Gasteiger partial charge in [0.15, 0.2) is 0 Å². The van der Waals surface area contributed by atoms with E-state index < -0.39 is 0 Å². The lowest BCUT2D eigenvalue weighted by Crippen LogP contribution is -2.37. The van der Waals surface area contributed by atoms with E-state index in [1.807, 2.05) is 36.2 Å². The average molecular weight is 323 g/mol. The maximum atomic E-state index is 11.3. The number of hydrogen-bond acceptors (Lipinski definition) is 6. The Kier molecular flexibility index (Phi) is 8.89. The van der Waals surface area contributed by atoms with Crippen LogP contribution in [0.3, 0.4) is 0 Å². The van der Waals surface area contributed by atoms with Crippen molar-refractivity contribution in [2.24, 2.45) is 5.73 Å². The molecule has 0 saturated carbocycles. The summed E-state index contributed by atoms with van der Waals surface area (Å²) in [6, 6.07) is 7.59. The Morgan fingerprint density at radius 2 is 1.87 bits per heavy atom. The molecule has 0 aromatic heterocycles. The lowest BCUT2D eigenvalue weighted by atomic mass is 10.2. The highest BCUT2D eigenvalue weighted by Crippen LogP contribution is 2.19. The van der Waals surface area contributed by atoms with E-state index in [9.17, 15) is 9.59 Å². The van der Waals surface area contributed by atoms with Crippen molar-refractivity contribution >= 4 is 24.1 Å². The molecule has 0 bridgehead atoms. The van der Waals surface area contributed by atoms with Crippen molar-refractivity contribution in [3.05, 3.63) is 24.3 Å². The fourth-order valence-electron chi connectivity index (χ4n) is 2.03. The second kappa shape index (κ2) is 10.7. The Hall–Kier alpha value is -1.96. The third-order valence-electron chi connectivity index (χ3n) is 3.50. The van der Waals surface area contributed by atoms with E-state index in [-0.39, 0.29) is 12.7 Å². The number of likely N-dealkylation sites (N-methyl/N-ethyl adjacent to an activating group) is 1. The first-order valence-corrected chi connectivity index (χ1v) is 7.43. The van der Waals surface area contributed by atoms with Gasteiger partial charge in [-0.15, -0.1) is 0 Å². The van der Waals surface area contributed by atoms with Gasteiger partial charge < -0.3 is 29.8 Å². The highest BCUT2D eigenvalue weighted by atomic mass is 16.5. The molecule has 0 saturated heterocycles. The highest BCUT2D eigenvalue weighted by Gasteiger charge is 2.12. The number of ether oxygens (including phenoxy) is 2. The second-order valence-corrected chi connectivity index (χ2v) is 5.03. The lowest BCUT2D eigenvalue weighted by Gasteiger charge is -2.24. The van der Waals surface area contributed by atoms with Gasteiger partial charge in [0.25, 0.3) is 0 Å². The molecule has 128 valence electrons. The first kappa shape index (κ1) is 19.1. The number of aldehydes is 1. The van der Waals surface area contributed by atoms with Crippen LogP contribution in [0.15, 0.2) is 24.3 Å². The standard InChI is InChI=1S/C16H25N3O4/c1-18(7-9-23-10-8-20)14-3-5-15(6-4-14)19(13-21)12-16(11-17)22-2/h3-6,8,13,16H,7,9-12,17H2,1-2H3. The minimum atomic E-state index is -0.197. The van der Waals surface area contributed by atoms with Gasteiger partial charge in [0.05, 0.1) is 19.3 Å². The fraction of sp³-hybridized carbons (Fsp3) is 0.500. The molecule has 0 aliphatic heterocycles. The van der Waals surface area contributed by atoms with Crippen LogP contribution in [-0.4, -0.2) is 65.8 Å². The van der Waals surface area contributed by atoms with Gasteiger partial charge in [-0.2, -0.15) is 0 Å². The third-order valence-corrected chi connectivity index (χ3v) is 3.50. The summed E-state index contributed by atoms with van der Waals surface area (Å²) in [5.74, 6) is 0. The van der Waals surface area contributed by atoms with E-state index in [0.717, 1.165) is 24.1 Å².